The molecule has 0 N–H and O–H groups in total. The summed E-state index contributed by atoms with van der Waals surface area (Å²) in [6, 6.07) is 0. The van der Waals surface area contributed by atoms with E-state index in [2.05, 4.69) is 9.97 Å². The summed E-state index contributed by atoms with van der Waals surface area (Å²) in [7, 11) is 0. The lowest BCUT2D eigenvalue weighted by Gasteiger charge is -2.38. The van der Waals surface area contributed by atoms with Crippen molar-refractivity contribution in [3.8, 4) is 5.88 Å². The highest BCUT2D eigenvalue weighted by Gasteiger charge is 2.46. The second kappa shape index (κ2) is 6.39. The number of carbonyl (C=O) groups excluding carboxylic acids is 1. The summed E-state index contributed by atoms with van der Waals surface area (Å²) in [5.74, 6) is 1.14. The molecule has 132 valence electrons. The van der Waals surface area contributed by atoms with Gasteiger partial charge in [-0.05, 0) is 40.5 Å². The molecule has 3 rings (SSSR count). The molecule has 1 aromatic heterocycles. The minimum absolute atomic E-state index is 0.0633. The number of halogens is 1. The molecule has 1 saturated heterocycles. The molecule has 0 spiro atoms. The van der Waals surface area contributed by atoms with Gasteiger partial charge in [0.1, 0.15) is 23.2 Å². The van der Waals surface area contributed by atoms with Crippen LogP contribution in [0.3, 0.4) is 0 Å². The van der Waals surface area contributed by atoms with Crippen molar-refractivity contribution in [3.63, 3.8) is 0 Å². The van der Waals surface area contributed by atoms with E-state index in [1.54, 1.807) is 0 Å². The molecule has 2 unspecified atom stereocenters. The van der Waals surface area contributed by atoms with E-state index in [0.717, 1.165) is 18.4 Å². The largest absolute Gasteiger partial charge is 0.473 e. The van der Waals surface area contributed by atoms with E-state index in [0.29, 0.717) is 36.0 Å². The average molecular weight is 354 g/mol. The van der Waals surface area contributed by atoms with Crippen LogP contribution in [0.15, 0.2) is 6.33 Å². The van der Waals surface area contributed by atoms with E-state index >= 15 is 0 Å². The highest BCUT2D eigenvalue weighted by Crippen LogP contribution is 2.40. The van der Waals surface area contributed by atoms with Crippen molar-refractivity contribution in [1.82, 2.24) is 14.9 Å². The third-order valence-corrected chi connectivity index (χ3v) is 5.00. The van der Waals surface area contributed by atoms with Gasteiger partial charge in [0.05, 0.1) is 0 Å². The molecule has 1 aliphatic heterocycles. The Hall–Kier alpha value is -1.56. The lowest BCUT2D eigenvalue weighted by atomic mass is 9.95. The maximum absolute atomic E-state index is 12.3. The summed E-state index contributed by atoms with van der Waals surface area (Å²) >= 11 is 6.05. The molecular formula is C17H24ClN3O3. The van der Waals surface area contributed by atoms with Gasteiger partial charge in [0.15, 0.2) is 0 Å². The highest BCUT2D eigenvalue weighted by molar-refractivity contribution is 6.30. The predicted molar refractivity (Wildman–Crippen MR) is 90.2 cm³/mol. The van der Waals surface area contributed by atoms with Crippen molar-refractivity contribution in [1.29, 1.82) is 0 Å². The summed E-state index contributed by atoms with van der Waals surface area (Å²) in [4.78, 5) is 22.3. The maximum Gasteiger partial charge on any atom is 0.410 e. The number of aromatic nitrogens is 2. The fourth-order valence-electron chi connectivity index (χ4n) is 3.50. The summed E-state index contributed by atoms with van der Waals surface area (Å²) in [5, 5.41) is 0.415. The number of hydrogen-bond acceptors (Lipinski definition) is 5. The van der Waals surface area contributed by atoms with Crippen molar-refractivity contribution < 1.29 is 14.3 Å². The first kappa shape index (κ1) is 17.3. The highest BCUT2D eigenvalue weighted by atomic mass is 35.5. The molecule has 1 amide bonds. The predicted octanol–water partition coefficient (Wildman–Crippen LogP) is 3.46. The third-order valence-electron chi connectivity index (χ3n) is 4.62. The van der Waals surface area contributed by atoms with Crippen LogP contribution in [0.5, 0.6) is 5.88 Å². The van der Waals surface area contributed by atoms with Crippen LogP contribution >= 0.6 is 11.6 Å². The molecule has 2 aliphatic rings. The number of rotatable bonds is 2. The lowest BCUT2D eigenvalue weighted by molar-refractivity contribution is -0.00775. The second-order valence-electron chi connectivity index (χ2n) is 7.66. The van der Waals surface area contributed by atoms with Crippen molar-refractivity contribution in [2.24, 2.45) is 11.8 Å². The van der Waals surface area contributed by atoms with E-state index in [4.69, 9.17) is 21.1 Å². The summed E-state index contributed by atoms with van der Waals surface area (Å²) in [6.45, 7) is 8.84. The van der Waals surface area contributed by atoms with Crippen LogP contribution in [-0.2, 0) is 4.74 Å². The Morgan fingerprint density at radius 3 is 2.46 bits per heavy atom. The average Bonchev–Trinajstić information content (AvgIpc) is 2.71. The fourth-order valence-corrected chi connectivity index (χ4v) is 3.63. The van der Waals surface area contributed by atoms with Gasteiger partial charge in [-0.2, -0.15) is 0 Å². The molecule has 2 bridgehead atoms. The zero-order chi connectivity index (χ0) is 17.5. The maximum atomic E-state index is 12.3. The van der Waals surface area contributed by atoms with E-state index in [9.17, 15) is 4.79 Å². The molecule has 7 heteroatoms. The molecule has 2 fully saturated rings. The minimum atomic E-state index is -0.474. The molecule has 0 aromatic carbocycles. The van der Waals surface area contributed by atoms with Gasteiger partial charge in [0.2, 0.25) is 5.88 Å². The van der Waals surface area contributed by atoms with Crippen LogP contribution in [0.4, 0.5) is 4.79 Å². The van der Waals surface area contributed by atoms with Gasteiger partial charge < -0.3 is 14.4 Å². The zero-order valence-electron chi connectivity index (χ0n) is 14.6. The summed E-state index contributed by atoms with van der Waals surface area (Å²) in [6.07, 6.45) is 3.34. The van der Waals surface area contributed by atoms with Gasteiger partial charge >= 0.3 is 6.09 Å². The first-order chi connectivity index (χ1) is 11.2. The number of ether oxygens (including phenoxy) is 2. The lowest BCUT2D eigenvalue weighted by Crippen LogP contribution is -2.50. The van der Waals surface area contributed by atoms with Gasteiger partial charge in [-0.25, -0.2) is 14.8 Å². The van der Waals surface area contributed by atoms with Crippen LogP contribution < -0.4 is 4.74 Å². The smallest absolute Gasteiger partial charge is 0.410 e. The van der Waals surface area contributed by atoms with Crippen molar-refractivity contribution in [2.45, 2.75) is 52.2 Å². The molecule has 1 aliphatic carbocycles. The van der Waals surface area contributed by atoms with Crippen LogP contribution in [0.1, 0.15) is 39.2 Å². The standard InChI is InChI=1S/C17H24ClN3O3/c1-10-14(18)19-9-20-15(10)23-13-11-5-6-12(13)8-21(7-11)16(22)24-17(2,3)4/h9,11-13H,5-8H2,1-4H3. The zero-order valence-corrected chi connectivity index (χ0v) is 15.3. The molecule has 6 nitrogen and oxygen atoms in total. The quantitative estimate of drug-likeness (QED) is 0.762. The molecule has 24 heavy (non-hydrogen) atoms. The summed E-state index contributed by atoms with van der Waals surface area (Å²) < 4.78 is 11.7. The van der Waals surface area contributed by atoms with Crippen molar-refractivity contribution in [3.05, 3.63) is 17.0 Å². The van der Waals surface area contributed by atoms with E-state index in [-0.39, 0.29) is 12.2 Å². The summed E-state index contributed by atoms with van der Waals surface area (Å²) in [5.41, 5.74) is 0.284. The third kappa shape index (κ3) is 3.58. The first-order valence-electron chi connectivity index (χ1n) is 8.36. The van der Waals surface area contributed by atoms with Gasteiger partial charge in [0, 0.05) is 30.5 Å². The second-order valence-corrected chi connectivity index (χ2v) is 8.02. The van der Waals surface area contributed by atoms with Gasteiger partial charge in [-0.15, -0.1) is 0 Å². The Kier molecular flexibility index (Phi) is 4.60. The van der Waals surface area contributed by atoms with Crippen molar-refractivity contribution >= 4 is 17.7 Å². The number of nitrogens with zero attached hydrogens (tertiary/aromatic N) is 3. The van der Waals surface area contributed by atoms with Crippen LogP contribution in [0.25, 0.3) is 0 Å². The number of hydrogen-bond donors (Lipinski definition) is 0. The van der Waals surface area contributed by atoms with Crippen LogP contribution in [-0.4, -0.2) is 45.8 Å². The molecular weight excluding hydrogens is 330 g/mol. The van der Waals surface area contributed by atoms with Crippen LogP contribution in [0.2, 0.25) is 5.15 Å². The number of likely N-dealkylation sites (tertiary alicyclic amines) is 1. The molecule has 2 heterocycles. The Morgan fingerprint density at radius 2 is 1.88 bits per heavy atom. The van der Waals surface area contributed by atoms with Gasteiger partial charge in [-0.1, -0.05) is 11.6 Å². The number of amides is 1. The number of fused-ring (bicyclic) bond motifs is 2. The monoisotopic (exact) mass is 353 g/mol. The molecule has 1 saturated carbocycles. The molecule has 0 radical (unpaired) electrons. The number of carbonyl (C=O) groups is 1. The van der Waals surface area contributed by atoms with Crippen LogP contribution in [0, 0.1) is 18.8 Å². The van der Waals surface area contributed by atoms with E-state index in [1.165, 1.54) is 6.33 Å². The SMILES string of the molecule is Cc1c(Cl)ncnc1OC1C2CCC1CN(C(=O)OC(C)(C)C)C2. The fraction of sp³-hybridized carbons (Fsp3) is 0.706. The normalized spacial score (nSPS) is 26.4. The Bertz CT molecular complexity index is 618. The minimum Gasteiger partial charge on any atom is -0.473 e. The molecule has 1 aromatic rings. The Balaban J connectivity index is 1.68. The Morgan fingerprint density at radius 1 is 1.25 bits per heavy atom. The van der Waals surface area contributed by atoms with Crippen molar-refractivity contribution in [2.75, 3.05) is 13.1 Å². The van der Waals surface area contributed by atoms with E-state index in [1.807, 2.05) is 32.6 Å². The first-order valence-corrected chi connectivity index (χ1v) is 8.74. The topological polar surface area (TPSA) is 64.6 Å². The van der Waals surface area contributed by atoms with Gasteiger partial charge in [0.25, 0.3) is 0 Å². The van der Waals surface area contributed by atoms with E-state index < -0.39 is 5.60 Å². The Labute approximate surface area is 147 Å². The molecule has 2 atom stereocenters. The van der Waals surface area contributed by atoms with Gasteiger partial charge in [-0.3, -0.25) is 0 Å². The number of piperidine rings is 1.